The molecule has 5 heteroatoms. The van der Waals surface area contributed by atoms with Crippen LogP contribution in [0.2, 0.25) is 0 Å². The van der Waals surface area contributed by atoms with Gasteiger partial charge in [-0.1, -0.05) is 13.0 Å². The molecule has 2 saturated heterocycles. The molecule has 0 aliphatic carbocycles. The van der Waals surface area contributed by atoms with E-state index in [9.17, 15) is 4.79 Å². The summed E-state index contributed by atoms with van der Waals surface area (Å²) in [5.41, 5.74) is 0. The summed E-state index contributed by atoms with van der Waals surface area (Å²) in [4.78, 5) is 16.2. The van der Waals surface area contributed by atoms with E-state index in [1.54, 1.807) is 11.3 Å². The van der Waals surface area contributed by atoms with Crippen molar-refractivity contribution >= 4 is 29.7 Å². The van der Waals surface area contributed by atoms with Crippen LogP contribution in [-0.2, 0) is 4.79 Å². The minimum Gasteiger partial charge on any atom is -0.335 e. The highest BCUT2D eigenvalue weighted by atomic mass is 35.5. The van der Waals surface area contributed by atoms with Gasteiger partial charge < -0.3 is 10.2 Å². The molecule has 2 fully saturated rings. The average Bonchev–Trinajstić information content (AvgIpc) is 3.18. The number of hydrogen-bond donors (Lipinski definition) is 1. The predicted molar refractivity (Wildman–Crippen MR) is 94.6 cm³/mol. The predicted octanol–water partition coefficient (Wildman–Crippen LogP) is 3.86. The molecule has 2 unspecified atom stereocenters. The first-order valence-electron chi connectivity index (χ1n) is 8.29. The Morgan fingerprint density at radius 2 is 2.18 bits per heavy atom. The average molecular weight is 343 g/mol. The third kappa shape index (κ3) is 4.03. The standard InChI is InChI=1S/C17H26N2OS.ClH/c1-13(14-6-8-18-9-7-14)12-17(20)19-10-2-4-15(19)16-5-3-11-21-16;/h3,5,11,13-15,18H,2,4,6-10,12H2,1H3;1H. The Morgan fingerprint density at radius 3 is 2.86 bits per heavy atom. The summed E-state index contributed by atoms with van der Waals surface area (Å²) >= 11 is 1.79. The van der Waals surface area contributed by atoms with E-state index in [0.29, 0.717) is 17.9 Å². The maximum absolute atomic E-state index is 12.7. The molecule has 3 heterocycles. The SMILES string of the molecule is CC(CC(=O)N1CCCC1c1cccs1)C1CCNCC1.Cl. The zero-order valence-corrected chi connectivity index (χ0v) is 14.9. The van der Waals surface area contributed by atoms with Crippen molar-refractivity contribution in [1.82, 2.24) is 10.2 Å². The van der Waals surface area contributed by atoms with Gasteiger partial charge in [0.2, 0.25) is 5.91 Å². The van der Waals surface area contributed by atoms with Crippen molar-refractivity contribution in [2.75, 3.05) is 19.6 Å². The van der Waals surface area contributed by atoms with E-state index >= 15 is 0 Å². The highest BCUT2D eigenvalue weighted by Crippen LogP contribution is 2.36. The molecule has 1 aromatic heterocycles. The Balaban J connectivity index is 0.00000176. The highest BCUT2D eigenvalue weighted by molar-refractivity contribution is 7.10. The van der Waals surface area contributed by atoms with Crippen molar-refractivity contribution in [2.45, 2.75) is 45.1 Å². The molecule has 3 rings (SSSR count). The lowest BCUT2D eigenvalue weighted by molar-refractivity contribution is -0.133. The minimum atomic E-state index is 0. The summed E-state index contributed by atoms with van der Waals surface area (Å²) in [6, 6.07) is 4.62. The Bertz CT molecular complexity index is 459. The second kappa shape index (κ2) is 8.32. The van der Waals surface area contributed by atoms with Crippen molar-refractivity contribution in [1.29, 1.82) is 0 Å². The first-order valence-corrected chi connectivity index (χ1v) is 9.17. The van der Waals surface area contributed by atoms with Crippen LogP contribution in [0.3, 0.4) is 0 Å². The van der Waals surface area contributed by atoms with E-state index in [0.717, 1.165) is 44.8 Å². The fourth-order valence-corrected chi connectivity index (χ4v) is 4.69. The van der Waals surface area contributed by atoms with Gasteiger partial charge in [0.15, 0.2) is 0 Å². The van der Waals surface area contributed by atoms with Crippen molar-refractivity contribution in [3.05, 3.63) is 22.4 Å². The Morgan fingerprint density at radius 1 is 1.41 bits per heavy atom. The fraction of sp³-hybridized carbons (Fsp3) is 0.706. The molecule has 1 aromatic rings. The number of amides is 1. The van der Waals surface area contributed by atoms with Gasteiger partial charge in [-0.3, -0.25) is 4.79 Å². The molecule has 0 aromatic carbocycles. The molecule has 1 amide bonds. The van der Waals surface area contributed by atoms with Crippen LogP contribution in [-0.4, -0.2) is 30.4 Å². The van der Waals surface area contributed by atoms with E-state index in [-0.39, 0.29) is 12.4 Å². The van der Waals surface area contributed by atoms with Gasteiger partial charge in [-0.15, -0.1) is 23.7 Å². The topological polar surface area (TPSA) is 32.3 Å². The van der Waals surface area contributed by atoms with Gasteiger partial charge in [-0.05, 0) is 62.1 Å². The Hall–Kier alpha value is -0.580. The van der Waals surface area contributed by atoms with E-state index in [1.165, 1.54) is 17.7 Å². The third-order valence-electron chi connectivity index (χ3n) is 5.13. The van der Waals surface area contributed by atoms with Crippen molar-refractivity contribution in [3.63, 3.8) is 0 Å². The molecule has 0 spiro atoms. The first kappa shape index (κ1) is 17.8. The second-order valence-corrected chi connectivity index (χ2v) is 7.51. The lowest BCUT2D eigenvalue weighted by atomic mass is 9.84. The molecular weight excluding hydrogens is 316 g/mol. The van der Waals surface area contributed by atoms with Crippen LogP contribution in [0.5, 0.6) is 0 Å². The van der Waals surface area contributed by atoms with E-state index < -0.39 is 0 Å². The summed E-state index contributed by atoms with van der Waals surface area (Å²) in [5.74, 6) is 1.61. The van der Waals surface area contributed by atoms with Crippen LogP contribution in [0.15, 0.2) is 17.5 Å². The maximum Gasteiger partial charge on any atom is 0.223 e. The van der Waals surface area contributed by atoms with Gasteiger partial charge in [-0.2, -0.15) is 0 Å². The molecular formula is C17H27ClN2OS. The number of likely N-dealkylation sites (tertiary alicyclic amines) is 1. The number of nitrogens with zero attached hydrogens (tertiary/aromatic N) is 1. The zero-order chi connectivity index (χ0) is 14.7. The van der Waals surface area contributed by atoms with Crippen LogP contribution in [0.1, 0.15) is 49.9 Å². The lowest BCUT2D eigenvalue weighted by Gasteiger charge is -2.30. The van der Waals surface area contributed by atoms with E-state index in [1.807, 2.05) is 0 Å². The summed E-state index contributed by atoms with van der Waals surface area (Å²) in [5, 5.41) is 5.53. The Kier molecular flexibility index (Phi) is 6.72. The monoisotopic (exact) mass is 342 g/mol. The van der Waals surface area contributed by atoms with Crippen LogP contribution in [0, 0.1) is 11.8 Å². The molecule has 0 radical (unpaired) electrons. The molecule has 2 atom stereocenters. The van der Waals surface area contributed by atoms with Gasteiger partial charge in [0, 0.05) is 17.8 Å². The smallest absolute Gasteiger partial charge is 0.223 e. The van der Waals surface area contributed by atoms with E-state index in [4.69, 9.17) is 0 Å². The number of nitrogens with one attached hydrogen (secondary N) is 1. The van der Waals surface area contributed by atoms with Crippen molar-refractivity contribution in [2.24, 2.45) is 11.8 Å². The molecule has 0 saturated carbocycles. The molecule has 1 N–H and O–H groups in total. The van der Waals surface area contributed by atoms with E-state index in [2.05, 4.69) is 34.7 Å². The quantitative estimate of drug-likeness (QED) is 0.901. The summed E-state index contributed by atoms with van der Waals surface area (Å²) in [6.45, 7) is 5.44. The lowest BCUT2D eigenvalue weighted by Crippen LogP contribution is -2.35. The minimum absolute atomic E-state index is 0. The molecule has 2 aliphatic heterocycles. The number of rotatable bonds is 4. The molecule has 124 valence electrons. The van der Waals surface area contributed by atoms with Crippen molar-refractivity contribution in [3.8, 4) is 0 Å². The zero-order valence-electron chi connectivity index (χ0n) is 13.3. The third-order valence-corrected chi connectivity index (χ3v) is 6.10. The molecule has 2 aliphatic rings. The number of thiophene rings is 1. The molecule has 3 nitrogen and oxygen atoms in total. The summed E-state index contributed by atoms with van der Waals surface area (Å²) in [6.07, 6.45) is 5.46. The largest absolute Gasteiger partial charge is 0.335 e. The van der Waals surface area contributed by atoms with Crippen LogP contribution in [0.25, 0.3) is 0 Å². The van der Waals surface area contributed by atoms with Gasteiger partial charge in [0.25, 0.3) is 0 Å². The van der Waals surface area contributed by atoms with Crippen LogP contribution < -0.4 is 5.32 Å². The number of halogens is 1. The Labute approximate surface area is 143 Å². The van der Waals surface area contributed by atoms with Gasteiger partial charge in [-0.25, -0.2) is 0 Å². The normalized spacial score (nSPS) is 24.0. The van der Waals surface area contributed by atoms with Crippen LogP contribution >= 0.6 is 23.7 Å². The summed E-state index contributed by atoms with van der Waals surface area (Å²) in [7, 11) is 0. The number of carbonyl (C=O) groups excluding carboxylic acids is 1. The van der Waals surface area contributed by atoms with Gasteiger partial charge in [0.05, 0.1) is 6.04 Å². The molecule has 0 bridgehead atoms. The second-order valence-electron chi connectivity index (χ2n) is 6.53. The van der Waals surface area contributed by atoms with Crippen LogP contribution in [0.4, 0.5) is 0 Å². The fourth-order valence-electron chi connectivity index (χ4n) is 3.81. The van der Waals surface area contributed by atoms with Crippen molar-refractivity contribution < 1.29 is 4.79 Å². The number of hydrogen-bond acceptors (Lipinski definition) is 3. The molecule has 22 heavy (non-hydrogen) atoms. The van der Waals surface area contributed by atoms with Gasteiger partial charge in [0.1, 0.15) is 0 Å². The summed E-state index contributed by atoms with van der Waals surface area (Å²) < 4.78 is 0. The highest BCUT2D eigenvalue weighted by Gasteiger charge is 2.32. The number of carbonyl (C=O) groups is 1. The first-order chi connectivity index (χ1) is 10.3. The maximum atomic E-state index is 12.7. The van der Waals surface area contributed by atoms with Gasteiger partial charge >= 0.3 is 0 Å². The number of piperidine rings is 1.